The van der Waals surface area contributed by atoms with Crippen LogP contribution in [-0.2, 0) is 0 Å². The van der Waals surface area contributed by atoms with E-state index in [-0.39, 0.29) is 0 Å². The molecule has 0 radical (unpaired) electrons. The fraction of sp³-hybridized carbons (Fsp3) is 0.533. The molecule has 3 rings (SSSR count). The predicted octanol–water partition coefficient (Wildman–Crippen LogP) is 2.71. The van der Waals surface area contributed by atoms with Crippen molar-refractivity contribution in [2.24, 2.45) is 5.92 Å². The topological polar surface area (TPSA) is 44.0 Å². The first-order valence-electron chi connectivity index (χ1n) is 7.15. The van der Waals surface area contributed by atoms with Crippen molar-refractivity contribution < 1.29 is 0 Å². The van der Waals surface area contributed by atoms with Crippen LogP contribution >= 0.6 is 0 Å². The Morgan fingerprint density at radius 1 is 1.42 bits per heavy atom. The number of fused-ring (bicyclic) bond motifs is 1. The summed E-state index contributed by atoms with van der Waals surface area (Å²) in [5, 5.41) is 3.44. The summed E-state index contributed by atoms with van der Waals surface area (Å²) in [4.78, 5) is 10.4. The fourth-order valence-corrected chi connectivity index (χ4v) is 2.78. The number of hydrogen-bond donors (Lipinski definition) is 2. The number of nitrogens with zero attached hydrogens (tertiary/aromatic N) is 2. The van der Waals surface area contributed by atoms with Gasteiger partial charge in [0.1, 0.15) is 0 Å². The second kappa shape index (κ2) is 5.21. The van der Waals surface area contributed by atoms with Crippen molar-refractivity contribution in [2.75, 3.05) is 25.0 Å². The molecule has 2 heterocycles. The largest absolute Gasteiger partial charge is 0.355 e. The highest BCUT2D eigenvalue weighted by Crippen LogP contribution is 2.19. The number of nitrogens with one attached hydrogen (secondary N) is 2. The lowest BCUT2D eigenvalue weighted by molar-refractivity contribution is 0.266. The smallest absolute Gasteiger partial charge is 0.201 e. The Hall–Kier alpha value is -1.55. The molecule has 1 fully saturated rings. The van der Waals surface area contributed by atoms with Gasteiger partial charge in [0.15, 0.2) is 0 Å². The van der Waals surface area contributed by atoms with Gasteiger partial charge in [0, 0.05) is 19.1 Å². The molecule has 1 aromatic heterocycles. The summed E-state index contributed by atoms with van der Waals surface area (Å²) in [5.41, 5.74) is 2.13. The molecule has 0 saturated carbocycles. The minimum absolute atomic E-state index is 0.663. The third-order valence-electron chi connectivity index (χ3n) is 4.00. The number of anilines is 1. The highest BCUT2D eigenvalue weighted by Gasteiger charge is 2.23. The van der Waals surface area contributed by atoms with Gasteiger partial charge in [0.25, 0.3) is 0 Å². The van der Waals surface area contributed by atoms with Gasteiger partial charge in [-0.1, -0.05) is 12.1 Å². The zero-order chi connectivity index (χ0) is 13.2. The number of para-hydroxylation sites is 2. The lowest BCUT2D eigenvalue weighted by Gasteiger charge is -2.20. The van der Waals surface area contributed by atoms with Crippen LogP contribution in [0, 0.1) is 5.92 Å². The predicted molar refractivity (Wildman–Crippen MR) is 79.4 cm³/mol. The lowest BCUT2D eigenvalue weighted by Crippen LogP contribution is -2.29. The Balaban J connectivity index is 1.58. The molecule has 102 valence electrons. The number of benzene rings is 1. The molecule has 2 aromatic rings. The second-order valence-electron chi connectivity index (χ2n) is 5.73. The van der Waals surface area contributed by atoms with E-state index < -0.39 is 0 Å². The number of imidazole rings is 1. The molecule has 1 saturated heterocycles. The van der Waals surface area contributed by atoms with E-state index in [0.29, 0.717) is 6.04 Å². The summed E-state index contributed by atoms with van der Waals surface area (Å²) in [5.74, 6) is 1.62. The van der Waals surface area contributed by atoms with Crippen LogP contribution in [0.1, 0.15) is 20.3 Å². The van der Waals surface area contributed by atoms with Crippen LogP contribution in [0.25, 0.3) is 11.0 Å². The normalized spacial score (nSPS) is 20.5. The van der Waals surface area contributed by atoms with Crippen molar-refractivity contribution >= 4 is 17.0 Å². The monoisotopic (exact) mass is 258 g/mol. The van der Waals surface area contributed by atoms with E-state index in [0.717, 1.165) is 29.4 Å². The molecule has 1 aliphatic rings. The second-order valence-corrected chi connectivity index (χ2v) is 5.73. The summed E-state index contributed by atoms with van der Waals surface area (Å²) < 4.78 is 0. The Morgan fingerprint density at radius 2 is 2.26 bits per heavy atom. The molecule has 0 aliphatic carbocycles. The molecule has 2 N–H and O–H groups in total. The first-order chi connectivity index (χ1) is 9.22. The number of H-pyrrole nitrogens is 1. The quantitative estimate of drug-likeness (QED) is 0.886. The van der Waals surface area contributed by atoms with Crippen molar-refractivity contribution in [1.29, 1.82) is 0 Å². The average Bonchev–Trinajstić information content (AvgIpc) is 3.02. The van der Waals surface area contributed by atoms with Crippen LogP contribution < -0.4 is 5.32 Å². The van der Waals surface area contributed by atoms with Crippen LogP contribution in [-0.4, -0.2) is 40.5 Å². The minimum Gasteiger partial charge on any atom is -0.355 e. The number of likely N-dealkylation sites (tertiary alicyclic amines) is 1. The van der Waals surface area contributed by atoms with E-state index in [9.17, 15) is 0 Å². The minimum atomic E-state index is 0.663. The van der Waals surface area contributed by atoms with Crippen LogP contribution in [0.3, 0.4) is 0 Å². The first-order valence-corrected chi connectivity index (χ1v) is 7.15. The van der Waals surface area contributed by atoms with Gasteiger partial charge >= 0.3 is 0 Å². The van der Waals surface area contributed by atoms with Gasteiger partial charge in [-0.05, 0) is 44.9 Å². The van der Waals surface area contributed by atoms with Gasteiger partial charge in [-0.2, -0.15) is 0 Å². The molecule has 4 nitrogen and oxygen atoms in total. The van der Waals surface area contributed by atoms with Crippen molar-refractivity contribution in [3.05, 3.63) is 24.3 Å². The molecule has 19 heavy (non-hydrogen) atoms. The van der Waals surface area contributed by atoms with Crippen LogP contribution in [0.5, 0.6) is 0 Å². The van der Waals surface area contributed by atoms with E-state index in [1.165, 1.54) is 19.5 Å². The highest BCUT2D eigenvalue weighted by molar-refractivity contribution is 5.77. The van der Waals surface area contributed by atoms with Crippen LogP contribution in [0.4, 0.5) is 5.95 Å². The lowest BCUT2D eigenvalue weighted by atomic mass is 10.1. The van der Waals surface area contributed by atoms with E-state index >= 15 is 0 Å². The molecule has 1 aromatic carbocycles. The summed E-state index contributed by atoms with van der Waals surface area (Å²) in [6, 6.07) is 8.80. The highest BCUT2D eigenvalue weighted by atomic mass is 15.2. The molecule has 1 unspecified atom stereocenters. The van der Waals surface area contributed by atoms with Crippen molar-refractivity contribution in [3.8, 4) is 0 Å². The number of hydrogen-bond acceptors (Lipinski definition) is 3. The van der Waals surface area contributed by atoms with Gasteiger partial charge in [-0.3, -0.25) is 0 Å². The van der Waals surface area contributed by atoms with Crippen molar-refractivity contribution in [3.63, 3.8) is 0 Å². The number of aromatic amines is 1. The summed E-state index contributed by atoms with van der Waals surface area (Å²) >= 11 is 0. The number of aromatic nitrogens is 2. The maximum atomic E-state index is 4.55. The summed E-state index contributed by atoms with van der Waals surface area (Å²) in [6.07, 6.45) is 1.28. The molecular formula is C15H22N4. The Morgan fingerprint density at radius 3 is 3.00 bits per heavy atom. The van der Waals surface area contributed by atoms with Gasteiger partial charge < -0.3 is 15.2 Å². The van der Waals surface area contributed by atoms with Gasteiger partial charge in [-0.25, -0.2) is 4.98 Å². The molecule has 0 spiro atoms. The standard InChI is InChI=1S/C15H22N4/c1-11(2)19-8-7-12(10-19)9-16-15-17-13-5-3-4-6-14(13)18-15/h3-6,11-12H,7-10H2,1-2H3,(H2,16,17,18). The van der Waals surface area contributed by atoms with E-state index in [1.54, 1.807) is 0 Å². The zero-order valence-corrected chi connectivity index (χ0v) is 11.7. The SMILES string of the molecule is CC(C)N1CCC(CNc2nc3ccccc3[nH]2)C1. The van der Waals surface area contributed by atoms with E-state index in [1.807, 2.05) is 18.2 Å². The van der Waals surface area contributed by atoms with Crippen LogP contribution in [0.2, 0.25) is 0 Å². The summed E-state index contributed by atoms with van der Waals surface area (Å²) in [6.45, 7) is 7.97. The van der Waals surface area contributed by atoms with E-state index in [2.05, 4.69) is 40.1 Å². The fourth-order valence-electron chi connectivity index (χ4n) is 2.78. The maximum Gasteiger partial charge on any atom is 0.201 e. The molecule has 1 atom stereocenters. The zero-order valence-electron chi connectivity index (χ0n) is 11.7. The Labute approximate surface area is 114 Å². The van der Waals surface area contributed by atoms with E-state index in [4.69, 9.17) is 0 Å². The van der Waals surface area contributed by atoms with Crippen molar-refractivity contribution in [1.82, 2.24) is 14.9 Å². The summed E-state index contributed by atoms with van der Waals surface area (Å²) in [7, 11) is 0. The third-order valence-corrected chi connectivity index (χ3v) is 4.00. The molecular weight excluding hydrogens is 236 g/mol. The van der Waals surface area contributed by atoms with Crippen molar-refractivity contribution in [2.45, 2.75) is 26.3 Å². The average molecular weight is 258 g/mol. The van der Waals surface area contributed by atoms with Gasteiger partial charge in [-0.15, -0.1) is 0 Å². The van der Waals surface area contributed by atoms with Gasteiger partial charge in [0.05, 0.1) is 11.0 Å². The molecule has 4 heteroatoms. The first kappa shape index (κ1) is 12.5. The van der Waals surface area contributed by atoms with Crippen LogP contribution in [0.15, 0.2) is 24.3 Å². The maximum absolute atomic E-state index is 4.55. The molecule has 0 bridgehead atoms. The third kappa shape index (κ3) is 2.73. The number of rotatable bonds is 4. The Bertz CT molecular complexity index is 513. The molecule has 1 aliphatic heterocycles. The van der Waals surface area contributed by atoms with Gasteiger partial charge in [0.2, 0.25) is 5.95 Å². The molecule has 0 amide bonds. The Kier molecular flexibility index (Phi) is 3.42.